The number of aliphatic hydroxyl groups is 1. The quantitative estimate of drug-likeness (QED) is 0.861. The van der Waals surface area contributed by atoms with Crippen LogP contribution in [0.15, 0.2) is 18.2 Å². The molecule has 0 unspecified atom stereocenters. The minimum Gasteiger partial charge on any atom is -0.396 e. The summed E-state index contributed by atoms with van der Waals surface area (Å²) in [6.07, 6.45) is 5.93. The van der Waals surface area contributed by atoms with E-state index in [2.05, 4.69) is 50.8 Å². The van der Waals surface area contributed by atoms with Crippen LogP contribution < -0.4 is 4.90 Å². The maximum Gasteiger partial charge on any atom is 0.0460 e. The van der Waals surface area contributed by atoms with Gasteiger partial charge >= 0.3 is 0 Å². The van der Waals surface area contributed by atoms with E-state index in [1.165, 1.54) is 36.1 Å². The monoisotopic (exact) mass is 303 g/mol. The smallest absolute Gasteiger partial charge is 0.0460 e. The second-order valence-corrected chi connectivity index (χ2v) is 8.16. The van der Waals surface area contributed by atoms with Crippen molar-refractivity contribution in [2.24, 2.45) is 11.3 Å². The zero-order valence-corrected chi connectivity index (χ0v) is 14.9. The highest BCUT2D eigenvalue weighted by Crippen LogP contribution is 2.30. The van der Waals surface area contributed by atoms with Crippen molar-refractivity contribution >= 4 is 5.69 Å². The number of aliphatic hydroxyl groups excluding tert-OH is 1. The van der Waals surface area contributed by atoms with E-state index in [1.807, 2.05) is 0 Å². The molecule has 2 rings (SSSR count). The Morgan fingerprint density at radius 1 is 1.18 bits per heavy atom. The number of anilines is 1. The summed E-state index contributed by atoms with van der Waals surface area (Å²) in [6, 6.07) is 6.92. The zero-order valence-electron chi connectivity index (χ0n) is 14.9. The molecular formula is C20H33NO. The predicted molar refractivity (Wildman–Crippen MR) is 95.6 cm³/mol. The third-order valence-corrected chi connectivity index (χ3v) is 4.83. The summed E-state index contributed by atoms with van der Waals surface area (Å²) in [7, 11) is 0. The zero-order chi connectivity index (χ0) is 16.2. The summed E-state index contributed by atoms with van der Waals surface area (Å²) in [6.45, 7) is 11.7. The van der Waals surface area contributed by atoms with E-state index in [1.54, 1.807) is 0 Å². The van der Waals surface area contributed by atoms with E-state index < -0.39 is 0 Å². The van der Waals surface area contributed by atoms with Crippen molar-refractivity contribution < 1.29 is 5.11 Å². The highest BCUT2D eigenvalue weighted by molar-refractivity contribution is 5.56. The highest BCUT2D eigenvalue weighted by atomic mass is 16.3. The van der Waals surface area contributed by atoms with Crippen LogP contribution in [-0.4, -0.2) is 24.8 Å². The van der Waals surface area contributed by atoms with Crippen LogP contribution in [0.4, 0.5) is 5.69 Å². The van der Waals surface area contributed by atoms with Gasteiger partial charge in [-0.2, -0.15) is 0 Å². The Balaban J connectivity index is 2.04. The van der Waals surface area contributed by atoms with E-state index in [0.717, 1.165) is 25.9 Å². The van der Waals surface area contributed by atoms with Crippen LogP contribution >= 0.6 is 0 Å². The molecular weight excluding hydrogens is 270 g/mol. The van der Waals surface area contributed by atoms with Crippen LogP contribution in [0, 0.1) is 18.3 Å². The van der Waals surface area contributed by atoms with Crippen molar-refractivity contribution in [3.63, 3.8) is 0 Å². The molecule has 1 aliphatic rings. The van der Waals surface area contributed by atoms with Crippen molar-refractivity contribution in [3.05, 3.63) is 29.3 Å². The van der Waals surface area contributed by atoms with Crippen molar-refractivity contribution in [2.45, 2.75) is 59.8 Å². The summed E-state index contributed by atoms with van der Waals surface area (Å²) >= 11 is 0. The van der Waals surface area contributed by atoms with Gasteiger partial charge in [0.15, 0.2) is 0 Å². The molecule has 124 valence electrons. The van der Waals surface area contributed by atoms with Gasteiger partial charge < -0.3 is 10.0 Å². The summed E-state index contributed by atoms with van der Waals surface area (Å²) in [5.74, 6) is 0.505. The normalized spacial score (nSPS) is 17.0. The summed E-state index contributed by atoms with van der Waals surface area (Å²) in [5, 5.41) is 9.32. The minimum absolute atomic E-state index is 0.347. The lowest BCUT2D eigenvalue weighted by Gasteiger charge is -2.34. The van der Waals surface area contributed by atoms with Gasteiger partial charge in [0.25, 0.3) is 0 Å². The molecule has 0 spiro atoms. The van der Waals surface area contributed by atoms with Crippen LogP contribution in [0.1, 0.15) is 57.6 Å². The fraction of sp³-hybridized carbons (Fsp3) is 0.700. The standard InChI is InChI=1S/C20H33NO/c1-16-7-8-18(6-5-11-20(2,3)4)19(14-16)21-12-9-17(15-22)10-13-21/h7-8,14,17,22H,5-6,9-13,15H2,1-4H3. The molecule has 0 bridgehead atoms. The number of hydrogen-bond donors (Lipinski definition) is 1. The Morgan fingerprint density at radius 2 is 1.86 bits per heavy atom. The van der Waals surface area contributed by atoms with Gasteiger partial charge in [-0.05, 0) is 67.6 Å². The first-order valence-electron chi connectivity index (χ1n) is 8.84. The minimum atomic E-state index is 0.347. The molecule has 0 aromatic heterocycles. The molecule has 1 N–H and O–H groups in total. The molecule has 0 aliphatic carbocycles. The van der Waals surface area contributed by atoms with Gasteiger partial charge in [-0.3, -0.25) is 0 Å². The summed E-state index contributed by atoms with van der Waals surface area (Å²) in [4.78, 5) is 2.53. The Kier molecular flexibility index (Phi) is 5.91. The number of aryl methyl sites for hydroxylation is 2. The molecule has 1 aliphatic heterocycles. The van der Waals surface area contributed by atoms with E-state index in [4.69, 9.17) is 0 Å². The lowest BCUT2D eigenvalue weighted by Crippen LogP contribution is -2.35. The Labute approximate surface area is 136 Å². The fourth-order valence-corrected chi connectivity index (χ4v) is 3.35. The summed E-state index contributed by atoms with van der Waals surface area (Å²) in [5.41, 5.74) is 4.70. The molecule has 1 aromatic carbocycles. The second kappa shape index (κ2) is 7.50. The van der Waals surface area contributed by atoms with Gasteiger partial charge in [-0.1, -0.05) is 32.9 Å². The SMILES string of the molecule is Cc1ccc(CCCC(C)(C)C)c(N2CCC(CO)CC2)c1. The van der Waals surface area contributed by atoms with Crippen LogP contribution in [0.2, 0.25) is 0 Å². The molecule has 1 aromatic rings. The van der Waals surface area contributed by atoms with Gasteiger partial charge in [0, 0.05) is 25.4 Å². The number of hydrogen-bond acceptors (Lipinski definition) is 2. The number of nitrogens with zero attached hydrogens (tertiary/aromatic N) is 1. The molecule has 0 atom stereocenters. The Bertz CT molecular complexity index is 467. The maximum atomic E-state index is 9.32. The van der Waals surface area contributed by atoms with Crippen LogP contribution in [0.3, 0.4) is 0 Å². The Hall–Kier alpha value is -1.02. The van der Waals surface area contributed by atoms with Crippen molar-refractivity contribution in [2.75, 3.05) is 24.6 Å². The van der Waals surface area contributed by atoms with E-state index in [0.29, 0.717) is 17.9 Å². The molecule has 2 nitrogen and oxygen atoms in total. The average Bonchev–Trinajstić information content (AvgIpc) is 2.47. The average molecular weight is 303 g/mol. The van der Waals surface area contributed by atoms with Crippen LogP contribution in [0.25, 0.3) is 0 Å². The van der Waals surface area contributed by atoms with Crippen molar-refractivity contribution in [1.82, 2.24) is 0 Å². The molecule has 0 amide bonds. The highest BCUT2D eigenvalue weighted by Gasteiger charge is 2.20. The van der Waals surface area contributed by atoms with Gasteiger partial charge in [0.05, 0.1) is 0 Å². The van der Waals surface area contributed by atoms with Gasteiger partial charge in [-0.25, -0.2) is 0 Å². The first-order valence-corrected chi connectivity index (χ1v) is 8.84. The fourth-order valence-electron chi connectivity index (χ4n) is 3.35. The summed E-state index contributed by atoms with van der Waals surface area (Å²) < 4.78 is 0. The van der Waals surface area contributed by atoms with Crippen molar-refractivity contribution in [3.8, 4) is 0 Å². The largest absolute Gasteiger partial charge is 0.396 e. The number of piperidine rings is 1. The molecule has 22 heavy (non-hydrogen) atoms. The van der Waals surface area contributed by atoms with Crippen LogP contribution in [0.5, 0.6) is 0 Å². The van der Waals surface area contributed by atoms with E-state index in [9.17, 15) is 5.11 Å². The van der Waals surface area contributed by atoms with E-state index in [-0.39, 0.29) is 0 Å². The molecule has 2 heteroatoms. The topological polar surface area (TPSA) is 23.5 Å². The first-order chi connectivity index (χ1) is 10.4. The van der Waals surface area contributed by atoms with Gasteiger partial charge in [0.1, 0.15) is 0 Å². The molecule has 0 saturated carbocycles. The lowest BCUT2D eigenvalue weighted by atomic mass is 9.88. The molecule has 1 fully saturated rings. The van der Waals surface area contributed by atoms with Crippen LogP contribution in [-0.2, 0) is 6.42 Å². The molecule has 1 saturated heterocycles. The third kappa shape index (κ3) is 5.01. The predicted octanol–water partition coefficient (Wildman–Crippen LogP) is 4.57. The van der Waals surface area contributed by atoms with Gasteiger partial charge in [0.2, 0.25) is 0 Å². The van der Waals surface area contributed by atoms with Gasteiger partial charge in [-0.15, -0.1) is 0 Å². The van der Waals surface area contributed by atoms with Crippen molar-refractivity contribution in [1.29, 1.82) is 0 Å². The maximum absolute atomic E-state index is 9.32. The number of rotatable bonds is 5. The lowest BCUT2D eigenvalue weighted by molar-refractivity contribution is 0.203. The number of benzene rings is 1. The second-order valence-electron chi connectivity index (χ2n) is 8.16. The third-order valence-electron chi connectivity index (χ3n) is 4.83. The first kappa shape index (κ1) is 17.3. The van der Waals surface area contributed by atoms with E-state index >= 15 is 0 Å². The Morgan fingerprint density at radius 3 is 2.45 bits per heavy atom. The molecule has 0 radical (unpaired) electrons. The molecule has 1 heterocycles.